The monoisotopic (exact) mass is 448 g/mol. The Morgan fingerprint density at radius 2 is 1.34 bits per heavy atom. The second-order valence-electron chi connectivity index (χ2n) is 9.93. The SMILES string of the molecule is CCCCCCCCCCCCCCCCC(O)[C@H]1OC(O)C[C@]1(O)Cc1ccccc1. The van der Waals surface area contributed by atoms with E-state index in [1.54, 1.807) is 0 Å². The maximum Gasteiger partial charge on any atom is 0.158 e. The van der Waals surface area contributed by atoms with Crippen molar-refractivity contribution < 1.29 is 20.1 Å². The van der Waals surface area contributed by atoms with Crippen LogP contribution in [-0.4, -0.2) is 39.4 Å². The van der Waals surface area contributed by atoms with Gasteiger partial charge >= 0.3 is 0 Å². The van der Waals surface area contributed by atoms with Crippen molar-refractivity contribution in [1.29, 1.82) is 0 Å². The van der Waals surface area contributed by atoms with Crippen LogP contribution in [0.1, 0.15) is 115 Å². The molecular weight excluding hydrogens is 400 g/mol. The number of benzene rings is 1. The molecule has 3 N–H and O–H groups in total. The minimum atomic E-state index is -1.23. The average molecular weight is 449 g/mol. The van der Waals surface area contributed by atoms with Crippen LogP contribution in [0.3, 0.4) is 0 Å². The summed E-state index contributed by atoms with van der Waals surface area (Å²) in [4.78, 5) is 0. The molecule has 4 heteroatoms. The molecule has 1 aliphatic heterocycles. The summed E-state index contributed by atoms with van der Waals surface area (Å²) in [5, 5.41) is 31.8. The van der Waals surface area contributed by atoms with Gasteiger partial charge in [0.25, 0.3) is 0 Å². The highest BCUT2D eigenvalue weighted by molar-refractivity contribution is 5.19. The zero-order chi connectivity index (χ0) is 23.1. The van der Waals surface area contributed by atoms with Crippen LogP contribution >= 0.6 is 0 Å². The third kappa shape index (κ3) is 10.3. The lowest BCUT2D eigenvalue weighted by Crippen LogP contribution is -2.47. The second-order valence-corrected chi connectivity index (χ2v) is 9.93. The fourth-order valence-electron chi connectivity index (χ4n) is 5.03. The zero-order valence-corrected chi connectivity index (χ0v) is 20.4. The van der Waals surface area contributed by atoms with Gasteiger partial charge in [-0.2, -0.15) is 0 Å². The van der Waals surface area contributed by atoms with Gasteiger partial charge in [0.05, 0.1) is 6.10 Å². The first kappa shape index (κ1) is 27.3. The molecule has 1 heterocycles. The normalized spacial score (nSPS) is 24.1. The molecule has 0 aliphatic carbocycles. The Hall–Kier alpha value is -0.940. The van der Waals surface area contributed by atoms with Gasteiger partial charge in [-0.25, -0.2) is 0 Å². The molecule has 0 amide bonds. The molecular formula is C28H48O4. The molecule has 0 bridgehead atoms. The van der Waals surface area contributed by atoms with Crippen LogP contribution in [0.25, 0.3) is 0 Å². The molecule has 1 aromatic rings. The molecule has 1 fully saturated rings. The summed E-state index contributed by atoms with van der Waals surface area (Å²) >= 11 is 0. The molecule has 4 nitrogen and oxygen atoms in total. The van der Waals surface area contributed by atoms with Crippen molar-refractivity contribution in [1.82, 2.24) is 0 Å². The van der Waals surface area contributed by atoms with Crippen LogP contribution in [0.4, 0.5) is 0 Å². The van der Waals surface area contributed by atoms with Gasteiger partial charge in [0.15, 0.2) is 6.29 Å². The topological polar surface area (TPSA) is 69.9 Å². The van der Waals surface area contributed by atoms with Crippen LogP contribution in [0.15, 0.2) is 30.3 Å². The van der Waals surface area contributed by atoms with Crippen LogP contribution in [-0.2, 0) is 11.2 Å². The summed E-state index contributed by atoms with van der Waals surface area (Å²) in [6, 6.07) is 9.73. The summed E-state index contributed by atoms with van der Waals surface area (Å²) in [6.45, 7) is 2.27. The van der Waals surface area contributed by atoms with E-state index >= 15 is 0 Å². The smallest absolute Gasteiger partial charge is 0.158 e. The Morgan fingerprint density at radius 1 is 0.844 bits per heavy atom. The summed E-state index contributed by atoms with van der Waals surface area (Å²) in [7, 11) is 0. The highest BCUT2D eigenvalue weighted by Gasteiger charge is 2.49. The van der Waals surface area contributed by atoms with Gasteiger partial charge in [-0.1, -0.05) is 127 Å². The van der Waals surface area contributed by atoms with Gasteiger partial charge in [-0.05, 0) is 12.0 Å². The minimum Gasteiger partial charge on any atom is -0.390 e. The Kier molecular flexibility index (Phi) is 13.5. The van der Waals surface area contributed by atoms with Crippen LogP contribution in [0, 0.1) is 0 Å². The summed E-state index contributed by atoms with van der Waals surface area (Å²) < 4.78 is 5.54. The maximum absolute atomic E-state index is 11.1. The summed E-state index contributed by atoms with van der Waals surface area (Å²) in [5.74, 6) is 0. The Balaban J connectivity index is 1.52. The number of aliphatic hydroxyl groups excluding tert-OH is 2. The fraction of sp³-hybridized carbons (Fsp3) is 0.786. The lowest BCUT2D eigenvalue weighted by molar-refractivity contribution is -0.146. The number of rotatable bonds is 18. The van der Waals surface area contributed by atoms with E-state index in [0.717, 1.165) is 18.4 Å². The van der Waals surface area contributed by atoms with Gasteiger partial charge in [0.2, 0.25) is 0 Å². The van der Waals surface area contributed by atoms with Gasteiger partial charge in [-0.15, -0.1) is 0 Å². The van der Waals surface area contributed by atoms with Crippen molar-refractivity contribution >= 4 is 0 Å². The van der Waals surface area contributed by atoms with Crippen molar-refractivity contribution in [3.05, 3.63) is 35.9 Å². The van der Waals surface area contributed by atoms with Crippen molar-refractivity contribution in [2.24, 2.45) is 0 Å². The Bertz CT molecular complexity index is 578. The molecule has 0 aromatic heterocycles. The van der Waals surface area contributed by atoms with Crippen LogP contribution < -0.4 is 0 Å². The van der Waals surface area contributed by atoms with E-state index in [2.05, 4.69) is 6.92 Å². The van der Waals surface area contributed by atoms with Crippen LogP contribution in [0.5, 0.6) is 0 Å². The molecule has 1 aromatic carbocycles. The molecule has 32 heavy (non-hydrogen) atoms. The third-order valence-corrected chi connectivity index (χ3v) is 6.92. The Labute approximate surface area is 196 Å². The average Bonchev–Trinajstić information content (AvgIpc) is 3.08. The summed E-state index contributed by atoms with van der Waals surface area (Å²) in [6.07, 6.45) is 16.9. The highest BCUT2D eigenvalue weighted by Crippen LogP contribution is 2.36. The zero-order valence-electron chi connectivity index (χ0n) is 20.4. The van der Waals surface area contributed by atoms with E-state index in [9.17, 15) is 15.3 Å². The first-order valence-electron chi connectivity index (χ1n) is 13.3. The van der Waals surface area contributed by atoms with E-state index in [4.69, 9.17) is 4.74 Å². The van der Waals surface area contributed by atoms with Crippen LogP contribution in [0.2, 0.25) is 0 Å². The standard InChI is InChI=1S/C28H48O4/c1-2-3-4-5-6-7-8-9-10-11-12-13-14-18-21-25(29)27-28(31,23-26(30)32-27)22-24-19-16-15-17-20-24/h15-17,19-20,25-27,29-31H,2-14,18,21-23H2,1H3/t25?,26?,27-,28-/m1/s1. The van der Waals surface area contributed by atoms with Crippen molar-refractivity contribution in [2.75, 3.05) is 0 Å². The molecule has 2 unspecified atom stereocenters. The van der Waals surface area contributed by atoms with Crippen molar-refractivity contribution in [3.63, 3.8) is 0 Å². The predicted octanol–water partition coefficient (Wildman–Crippen LogP) is 6.30. The first-order valence-corrected chi connectivity index (χ1v) is 13.3. The van der Waals surface area contributed by atoms with E-state index in [1.165, 1.54) is 77.0 Å². The summed E-state index contributed by atoms with van der Waals surface area (Å²) in [5.41, 5.74) is -0.239. The van der Waals surface area contributed by atoms with Gasteiger partial charge < -0.3 is 20.1 Å². The molecule has 2 rings (SSSR count). The molecule has 0 radical (unpaired) electrons. The first-order chi connectivity index (χ1) is 15.5. The number of unbranched alkanes of at least 4 members (excludes halogenated alkanes) is 13. The molecule has 1 aliphatic rings. The molecule has 0 saturated carbocycles. The lowest BCUT2D eigenvalue weighted by Gasteiger charge is -2.31. The third-order valence-electron chi connectivity index (χ3n) is 6.92. The van der Waals surface area contributed by atoms with E-state index in [-0.39, 0.29) is 6.42 Å². The lowest BCUT2D eigenvalue weighted by atomic mass is 9.84. The second kappa shape index (κ2) is 15.8. The van der Waals surface area contributed by atoms with Gasteiger partial charge in [0, 0.05) is 12.8 Å². The largest absolute Gasteiger partial charge is 0.390 e. The molecule has 1 saturated heterocycles. The van der Waals surface area contributed by atoms with E-state index in [1.807, 2.05) is 30.3 Å². The van der Waals surface area contributed by atoms with Gasteiger partial charge in [-0.3, -0.25) is 0 Å². The quantitative estimate of drug-likeness (QED) is 0.231. The predicted molar refractivity (Wildman–Crippen MR) is 132 cm³/mol. The molecule has 0 spiro atoms. The number of hydrogen-bond donors (Lipinski definition) is 3. The minimum absolute atomic E-state index is 0.141. The van der Waals surface area contributed by atoms with Crippen molar-refractivity contribution in [2.45, 2.75) is 140 Å². The number of aliphatic hydroxyl groups is 3. The molecule has 4 atom stereocenters. The van der Waals surface area contributed by atoms with E-state index < -0.39 is 24.1 Å². The van der Waals surface area contributed by atoms with Gasteiger partial charge in [0.1, 0.15) is 11.7 Å². The van der Waals surface area contributed by atoms with Crippen molar-refractivity contribution in [3.8, 4) is 0 Å². The van der Waals surface area contributed by atoms with E-state index in [0.29, 0.717) is 12.8 Å². The maximum atomic E-state index is 11.1. The molecule has 184 valence electrons. The highest BCUT2D eigenvalue weighted by atomic mass is 16.6. The number of ether oxygens (including phenoxy) is 1. The number of hydrogen-bond acceptors (Lipinski definition) is 4. The Morgan fingerprint density at radius 3 is 1.88 bits per heavy atom. The fourth-order valence-corrected chi connectivity index (χ4v) is 5.03.